The van der Waals surface area contributed by atoms with Crippen molar-refractivity contribution in [3.63, 3.8) is 0 Å². The van der Waals surface area contributed by atoms with Crippen LogP contribution in [0.2, 0.25) is 0 Å². The smallest absolute Gasteiger partial charge is 0.268 e. The molecule has 2 aromatic carbocycles. The molecule has 1 aromatic heterocycles. The number of aryl methyl sites for hydroxylation is 1. The maximum absolute atomic E-state index is 13.0. The molecular formula is C17H17NO4S. The summed E-state index contributed by atoms with van der Waals surface area (Å²) < 4.78 is 37.8. The molecule has 23 heavy (non-hydrogen) atoms. The molecule has 0 aliphatic rings. The van der Waals surface area contributed by atoms with Crippen LogP contribution in [-0.2, 0) is 10.0 Å². The van der Waals surface area contributed by atoms with Gasteiger partial charge < -0.3 is 9.47 Å². The number of hydrogen-bond acceptors (Lipinski definition) is 4. The van der Waals surface area contributed by atoms with E-state index in [9.17, 15) is 8.42 Å². The molecule has 0 fully saturated rings. The monoisotopic (exact) mass is 331 g/mol. The van der Waals surface area contributed by atoms with Gasteiger partial charge in [0, 0.05) is 11.6 Å². The molecule has 0 saturated heterocycles. The van der Waals surface area contributed by atoms with Crippen molar-refractivity contribution in [1.29, 1.82) is 0 Å². The van der Waals surface area contributed by atoms with Crippen LogP contribution < -0.4 is 9.47 Å². The Kier molecular flexibility index (Phi) is 3.77. The molecule has 0 atom stereocenters. The molecule has 0 aliphatic heterocycles. The minimum absolute atomic E-state index is 0.227. The van der Waals surface area contributed by atoms with Crippen molar-refractivity contribution in [2.75, 3.05) is 14.2 Å². The quantitative estimate of drug-likeness (QED) is 0.737. The molecule has 3 aromatic rings. The maximum Gasteiger partial charge on any atom is 0.268 e. The first-order chi connectivity index (χ1) is 11.0. The van der Waals surface area contributed by atoms with Crippen LogP contribution in [0, 0.1) is 6.92 Å². The Labute approximate surface area is 135 Å². The van der Waals surface area contributed by atoms with E-state index in [4.69, 9.17) is 9.47 Å². The molecule has 3 rings (SSSR count). The van der Waals surface area contributed by atoms with Crippen LogP contribution in [0.4, 0.5) is 0 Å². The Bertz CT molecular complexity index is 956. The number of rotatable bonds is 4. The van der Waals surface area contributed by atoms with Crippen molar-refractivity contribution in [2.45, 2.75) is 11.8 Å². The number of aromatic nitrogens is 1. The lowest BCUT2D eigenvalue weighted by atomic mass is 10.2. The Morgan fingerprint density at radius 2 is 1.48 bits per heavy atom. The number of fused-ring (bicyclic) bond motifs is 1. The fourth-order valence-corrected chi connectivity index (χ4v) is 3.90. The predicted molar refractivity (Wildman–Crippen MR) is 88.8 cm³/mol. The molecule has 0 aliphatic carbocycles. The minimum atomic E-state index is -3.72. The lowest BCUT2D eigenvalue weighted by Crippen LogP contribution is -2.12. The second-order valence-electron chi connectivity index (χ2n) is 5.16. The normalized spacial score (nSPS) is 11.6. The van der Waals surface area contributed by atoms with E-state index in [2.05, 4.69) is 0 Å². The highest BCUT2D eigenvalue weighted by atomic mass is 32.2. The van der Waals surface area contributed by atoms with E-state index < -0.39 is 10.0 Å². The van der Waals surface area contributed by atoms with E-state index in [0.717, 1.165) is 5.56 Å². The van der Waals surface area contributed by atoms with E-state index in [1.807, 2.05) is 6.92 Å². The summed E-state index contributed by atoms with van der Waals surface area (Å²) >= 11 is 0. The van der Waals surface area contributed by atoms with Gasteiger partial charge in [-0.1, -0.05) is 17.7 Å². The summed E-state index contributed by atoms with van der Waals surface area (Å²) in [7, 11) is -0.656. The number of nitrogens with zero attached hydrogens (tertiary/aromatic N) is 1. The Morgan fingerprint density at radius 3 is 2.09 bits per heavy atom. The zero-order valence-electron chi connectivity index (χ0n) is 13.1. The summed E-state index contributed by atoms with van der Waals surface area (Å²) in [6.45, 7) is 1.91. The zero-order chi connectivity index (χ0) is 16.6. The SMILES string of the molecule is COc1ccc(OC)c2c1ccn2S(=O)(=O)c1ccc(C)cc1. The molecule has 0 bridgehead atoms. The first-order valence-corrected chi connectivity index (χ1v) is 8.47. The molecule has 120 valence electrons. The first-order valence-electron chi connectivity index (χ1n) is 7.03. The largest absolute Gasteiger partial charge is 0.496 e. The van der Waals surface area contributed by atoms with Crippen LogP contribution in [0.1, 0.15) is 5.56 Å². The van der Waals surface area contributed by atoms with Crippen LogP contribution in [-0.4, -0.2) is 26.6 Å². The third-order valence-corrected chi connectivity index (χ3v) is 5.44. The molecule has 0 saturated carbocycles. The van der Waals surface area contributed by atoms with Gasteiger partial charge in [-0.3, -0.25) is 0 Å². The lowest BCUT2D eigenvalue weighted by molar-refractivity contribution is 0.410. The van der Waals surface area contributed by atoms with Gasteiger partial charge in [-0.2, -0.15) is 0 Å². The van der Waals surface area contributed by atoms with E-state index in [0.29, 0.717) is 22.4 Å². The van der Waals surface area contributed by atoms with Gasteiger partial charge in [0.15, 0.2) is 0 Å². The average molecular weight is 331 g/mol. The van der Waals surface area contributed by atoms with Gasteiger partial charge >= 0.3 is 0 Å². The molecular weight excluding hydrogens is 314 g/mol. The van der Waals surface area contributed by atoms with E-state index in [1.165, 1.54) is 17.3 Å². The second kappa shape index (κ2) is 5.62. The van der Waals surface area contributed by atoms with Crippen LogP contribution in [0.5, 0.6) is 11.5 Å². The van der Waals surface area contributed by atoms with Crippen molar-refractivity contribution in [3.05, 3.63) is 54.2 Å². The fourth-order valence-electron chi connectivity index (χ4n) is 2.54. The number of ether oxygens (including phenoxy) is 2. The van der Waals surface area contributed by atoms with E-state index >= 15 is 0 Å². The molecule has 0 unspecified atom stereocenters. The standard InChI is InChI=1S/C17H17NO4S/c1-12-4-6-13(7-5-12)23(19,20)18-11-10-14-15(21-2)8-9-16(22-3)17(14)18/h4-11H,1-3H3. The summed E-state index contributed by atoms with van der Waals surface area (Å²) in [5.74, 6) is 1.07. The molecule has 0 radical (unpaired) electrons. The van der Waals surface area contributed by atoms with Crippen molar-refractivity contribution < 1.29 is 17.9 Å². The predicted octanol–water partition coefficient (Wildman–Crippen LogP) is 3.20. The Balaban J connectivity index is 2.29. The molecule has 0 N–H and O–H groups in total. The molecule has 6 heteroatoms. The highest BCUT2D eigenvalue weighted by Crippen LogP contribution is 2.35. The lowest BCUT2D eigenvalue weighted by Gasteiger charge is -2.12. The summed E-state index contributed by atoms with van der Waals surface area (Å²) in [5, 5.41) is 0.683. The number of methoxy groups -OCH3 is 2. The molecule has 5 nitrogen and oxygen atoms in total. The summed E-state index contributed by atoms with van der Waals surface area (Å²) in [6, 6.07) is 11.9. The van der Waals surface area contributed by atoms with Gasteiger partial charge in [0.05, 0.1) is 19.1 Å². The maximum atomic E-state index is 13.0. The van der Waals surface area contributed by atoms with Gasteiger partial charge in [-0.05, 0) is 37.3 Å². The molecule has 0 spiro atoms. The highest BCUT2D eigenvalue weighted by molar-refractivity contribution is 7.90. The molecule has 1 heterocycles. The van der Waals surface area contributed by atoms with E-state index in [1.54, 1.807) is 49.6 Å². The van der Waals surface area contributed by atoms with Gasteiger partial charge in [0.1, 0.15) is 17.0 Å². The van der Waals surface area contributed by atoms with Gasteiger partial charge in [-0.25, -0.2) is 12.4 Å². The summed E-state index contributed by atoms with van der Waals surface area (Å²) in [4.78, 5) is 0.227. The van der Waals surface area contributed by atoms with Gasteiger partial charge in [0.2, 0.25) is 0 Å². The fraction of sp³-hybridized carbons (Fsp3) is 0.176. The van der Waals surface area contributed by atoms with Crippen LogP contribution in [0.15, 0.2) is 53.6 Å². The number of hydrogen-bond donors (Lipinski definition) is 0. The average Bonchev–Trinajstić information content (AvgIpc) is 3.00. The van der Waals surface area contributed by atoms with Crippen LogP contribution in [0.3, 0.4) is 0 Å². The Hall–Kier alpha value is -2.47. The second-order valence-corrected chi connectivity index (χ2v) is 6.98. The van der Waals surface area contributed by atoms with Crippen molar-refractivity contribution in [1.82, 2.24) is 3.97 Å². The highest BCUT2D eigenvalue weighted by Gasteiger charge is 2.22. The van der Waals surface area contributed by atoms with Crippen molar-refractivity contribution in [3.8, 4) is 11.5 Å². The molecule has 0 amide bonds. The van der Waals surface area contributed by atoms with E-state index in [-0.39, 0.29) is 4.90 Å². The summed E-state index contributed by atoms with van der Waals surface area (Å²) in [6.07, 6.45) is 1.52. The van der Waals surface area contributed by atoms with Crippen molar-refractivity contribution >= 4 is 20.9 Å². The Morgan fingerprint density at radius 1 is 0.870 bits per heavy atom. The van der Waals surface area contributed by atoms with Crippen LogP contribution in [0.25, 0.3) is 10.9 Å². The van der Waals surface area contributed by atoms with Crippen molar-refractivity contribution in [2.24, 2.45) is 0 Å². The number of benzene rings is 2. The van der Waals surface area contributed by atoms with Crippen LogP contribution >= 0.6 is 0 Å². The third kappa shape index (κ3) is 2.45. The summed E-state index contributed by atoms with van der Waals surface area (Å²) in [5.41, 5.74) is 1.47. The minimum Gasteiger partial charge on any atom is -0.496 e. The van der Waals surface area contributed by atoms with Gasteiger partial charge in [-0.15, -0.1) is 0 Å². The topological polar surface area (TPSA) is 57.5 Å². The zero-order valence-corrected chi connectivity index (χ0v) is 13.9. The third-order valence-electron chi connectivity index (χ3n) is 3.75. The van der Waals surface area contributed by atoms with Gasteiger partial charge in [0.25, 0.3) is 10.0 Å². The first kappa shape index (κ1) is 15.4.